The van der Waals surface area contributed by atoms with Gasteiger partial charge >= 0.3 is 0 Å². The van der Waals surface area contributed by atoms with Crippen LogP contribution in [0.3, 0.4) is 0 Å². The van der Waals surface area contributed by atoms with Crippen LogP contribution in [0.2, 0.25) is 18.1 Å². The molecule has 0 aliphatic heterocycles. The minimum Gasteiger partial charge on any atom is -0.345 e. The van der Waals surface area contributed by atoms with Gasteiger partial charge in [-0.3, -0.25) is 0 Å². The summed E-state index contributed by atoms with van der Waals surface area (Å²) in [6, 6.07) is 2.55. The van der Waals surface area contributed by atoms with Gasteiger partial charge in [0.1, 0.15) is 0 Å². The number of halogens is 1. The molecule has 1 radical (unpaired) electrons. The molecule has 0 bridgehead atoms. The molecule has 0 unspecified atom stereocenters. The Hall–Kier alpha value is 0.377. The summed E-state index contributed by atoms with van der Waals surface area (Å²) in [6.07, 6.45) is 0. The van der Waals surface area contributed by atoms with Gasteiger partial charge in [0.15, 0.2) is 7.38 Å². The molecule has 0 amide bonds. The molecule has 0 aliphatic carbocycles. The summed E-state index contributed by atoms with van der Waals surface area (Å²) in [5.74, 6) is 0. The first kappa shape index (κ1) is 8.38. The number of rotatable bonds is 3. The topological polar surface area (TPSA) is 0 Å². The van der Waals surface area contributed by atoms with Crippen molar-refractivity contribution in [1.82, 2.24) is 0 Å². The summed E-state index contributed by atoms with van der Waals surface area (Å²) in [5, 5.41) is 0. The van der Waals surface area contributed by atoms with Gasteiger partial charge in [-0.05, 0) is 6.04 Å². The van der Waals surface area contributed by atoms with Gasteiger partial charge in [0.05, 0.1) is 13.0 Å². The minimum atomic E-state index is -1.53. The van der Waals surface area contributed by atoms with Crippen LogP contribution in [0, 0.1) is 20.8 Å². The van der Waals surface area contributed by atoms with E-state index in [1.54, 1.807) is 0 Å². The molecule has 0 aromatic carbocycles. The van der Waals surface area contributed by atoms with E-state index in [-0.39, 0.29) is 0 Å². The van der Waals surface area contributed by atoms with Gasteiger partial charge in [-0.1, -0.05) is 6.92 Å². The van der Waals surface area contributed by atoms with Crippen LogP contribution in [0.15, 0.2) is 0 Å². The number of hydrogen-bond acceptors (Lipinski definition) is 0. The van der Waals surface area contributed by atoms with Crippen molar-refractivity contribution in [3.05, 3.63) is 20.8 Å². The Morgan fingerprint density at radius 2 is 2.25 bits per heavy atom. The lowest BCUT2D eigenvalue weighted by Gasteiger charge is -2.17. The largest absolute Gasteiger partial charge is 0.345 e. The summed E-state index contributed by atoms with van der Waals surface area (Å²) < 4.78 is 0. The summed E-state index contributed by atoms with van der Waals surface area (Å²) in [5.41, 5.74) is 0. The highest BCUT2D eigenvalue weighted by Crippen LogP contribution is 2.22. The summed E-state index contributed by atoms with van der Waals surface area (Å²) in [7, 11) is -1.53. The zero-order valence-electron chi connectivity index (χ0n) is 5.12. The zero-order chi connectivity index (χ0) is 6.62. The van der Waals surface area contributed by atoms with E-state index in [2.05, 4.69) is 20.8 Å². The quantitative estimate of drug-likeness (QED) is 0.327. The third kappa shape index (κ3) is 2.10. The van der Waals surface area contributed by atoms with Crippen molar-refractivity contribution in [3.63, 3.8) is 0 Å². The molecule has 0 atom stereocenters. The molecule has 0 aliphatic rings. The molecular formula is C6H12ClSi. The predicted octanol–water partition coefficient (Wildman–Crippen LogP) is 2.67. The molecule has 0 fully saturated rings. The maximum atomic E-state index is 6.04. The Morgan fingerprint density at radius 3 is 2.25 bits per heavy atom. The Kier molecular flexibility index (Phi) is 3.57. The van der Waals surface area contributed by atoms with E-state index >= 15 is 0 Å². The summed E-state index contributed by atoms with van der Waals surface area (Å²) >= 11 is 6.04. The van der Waals surface area contributed by atoms with Gasteiger partial charge in [0, 0.05) is 0 Å². The van der Waals surface area contributed by atoms with Gasteiger partial charge in [-0.2, -0.15) is 17.1 Å². The molecule has 2 heteroatoms. The Labute approximate surface area is 58.0 Å². The van der Waals surface area contributed by atoms with Crippen molar-refractivity contribution < 1.29 is 0 Å². The van der Waals surface area contributed by atoms with Crippen LogP contribution in [0.25, 0.3) is 0 Å². The lowest BCUT2D eigenvalue weighted by Crippen LogP contribution is -2.22. The molecule has 0 aromatic rings. The van der Waals surface area contributed by atoms with Crippen LogP contribution >= 0.6 is 11.1 Å². The van der Waals surface area contributed by atoms with Gasteiger partial charge in [0.2, 0.25) is 0 Å². The maximum Gasteiger partial charge on any atom is 0.176 e. The van der Waals surface area contributed by atoms with Crippen LogP contribution in [0.5, 0.6) is 0 Å². The second kappa shape index (κ2) is 3.41. The molecule has 0 heterocycles. The Balaban J connectivity index is 3.58. The standard InChI is InChI=1S/C6H12ClSi/c1-4-8(7,5-2)6-3/h1-6H2. The second-order valence-electron chi connectivity index (χ2n) is 1.90. The van der Waals surface area contributed by atoms with E-state index in [4.69, 9.17) is 11.1 Å². The monoisotopic (exact) mass is 147 g/mol. The van der Waals surface area contributed by atoms with Crippen LogP contribution < -0.4 is 0 Å². The maximum absolute atomic E-state index is 6.04. The fourth-order valence-corrected chi connectivity index (χ4v) is 1.12. The van der Waals surface area contributed by atoms with Crippen LogP contribution in [-0.2, 0) is 0 Å². The highest BCUT2D eigenvalue weighted by atomic mass is 35.6. The lowest BCUT2D eigenvalue weighted by atomic mass is 10.9. The van der Waals surface area contributed by atoms with Gasteiger partial charge in [0.25, 0.3) is 0 Å². The molecular weight excluding hydrogens is 136 g/mol. The highest BCUT2D eigenvalue weighted by Gasteiger charge is 2.23. The molecule has 0 N–H and O–H groups in total. The van der Waals surface area contributed by atoms with E-state index in [0.29, 0.717) is 0 Å². The van der Waals surface area contributed by atoms with E-state index in [1.165, 1.54) is 0 Å². The van der Waals surface area contributed by atoms with Crippen molar-refractivity contribution in [2.75, 3.05) is 0 Å². The van der Waals surface area contributed by atoms with Crippen LogP contribution in [0.4, 0.5) is 0 Å². The van der Waals surface area contributed by atoms with E-state index in [1.807, 2.05) is 0 Å². The Morgan fingerprint density at radius 1 is 1.75 bits per heavy atom. The van der Waals surface area contributed by atoms with Crippen LogP contribution in [-0.4, -0.2) is 7.38 Å². The zero-order valence-corrected chi connectivity index (χ0v) is 6.88. The normalized spacial score (nSPS) is 17.9. The van der Waals surface area contributed by atoms with E-state index in [9.17, 15) is 0 Å². The van der Waals surface area contributed by atoms with E-state index < -0.39 is 7.38 Å². The molecule has 8 heavy (non-hydrogen) atoms. The van der Waals surface area contributed by atoms with Crippen LogP contribution in [0.1, 0.15) is 0 Å². The third-order valence-electron chi connectivity index (χ3n) is 1.34. The average Bonchev–Trinajstić information content (AvgIpc) is 1.87. The number of hydrogen-bond donors (Lipinski definition) is 0. The fraction of sp³-hybridized carbons (Fsp3) is 0.500. The van der Waals surface area contributed by atoms with Crippen molar-refractivity contribution in [2.24, 2.45) is 0 Å². The first-order valence-corrected chi connectivity index (χ1v) is 6.38. The van der Waals surface area contributed by atoms with Gasteiger partial charge in [-0.25, -0.2) is 0 Å². The van der Waals surface area contributed by atoms with Crippen molar-refractivity contribution >= 4 is 18.5 Å². The average molecular weight is 148 g/mol. The molecule has 0 spiro atoms. The van der Waals surface area contributed by atoms with E-state index in [0.717, 1.165) is 18.1 Å². The Bertz CT molecular complexity index is 51.3. The molecule has 0 nitrogen and oxygen atoms in total. The van der Waals surface area contributed by atoms with Crippen molar-refractivity contribution in [2.45, 2.75) is 18.1 Å². The van der Waals surface area contributed by atoms with Crippen molar-refractivity contribution in [3.8, 4) is 0 Å². The third-order valence-corrected chi connectivity index (χ3v) is 5.73. The summed E-state index contributed by atoms with van der Waals surface area (Å²) in [6.45, 7) is 11.2. The highest BCUT2D eigenvalue weighted by molar-refractivity contribution is 7.20. The SMILES string of the molecule is [CH2]C[Si](Cl)(C[CH2+])C[CH2-]. The van der Waals surface area contributed by atoms with Gasteiger partial charge in [-0.15, -0.1) is 0 Å². The molecule has 0 rings (SSSR count). The van der Waals surface area contributed by atoms with Gasteiger partial charge < -0.3 is 6.92 Å². The fourth-order valence-electron chi connectivity index (χ4n) is 0.375. The molecule has 0 aromatic heterocycles. The lowest BCUT2D eigenvalue weighted by molar-refractivity contribution is 1.42. The second-order valence-corrected chi connectivity index (χ2v) is 8.11. The predicted molar refractivity (Wildman–Crippen MR) is 42.1 cm³/mol. The molecule has 0 saturated heterocycles. The van der Waals surface area contributed by atoms with Crippen molar-refractivity contribution in [1.29, 1.82) is 0 Å². The molecule has 0 saturated carbocycles. The molecule has 47 valence electrons. The minimum absolute atomic E-state index is 0.849. The first-order chi connectivity index (χ1) is 3.68. The first-order valence-electron chi connectivity index (χ1n) is 2.75. The summed E-state index contributed by atoms with van der Waals surface area (Å²) in [4.78, 5) is 0. The smallest absolute Gasteiger partial charge is 0.176 e.